The van der Waals surface area contributed by atoms with Crippen molar-refractivity contribution in [2.24, 2.45) is 11.8 Å². The molecule has 0 aromatic rings. The van der Waals surface area contributed by atoms with Crippen LogP contribution < -0.4 is 5.84 Å². The Morgan fingerprint density at radius 2 is 1.80 bits per heavy atom. The van der Waals surface area contributed by atoms with E-state index in [4.69, 9.17) is 5.84 Å². The maximum Gasteiger partial charge on any atom is 0.236 e. The highest BCUT2D eigenvalue weighted by Gasteiger charge is 2.30. The molecule has 0 aromatic heterocycles. The molecule has 0 saturated heterocycles. The minimum Gasteiger partial charge on any atom is -0.278 e. The lowest BCUT2D eigenvalue weighted by atomic mass is 10.0. The van der Waals surface area contributed by atoms with E-state index >= 15 is 0 Å². The zero-order valence-corrected chi connectivity index (χ0v) is 9.97. The molecule has 1 amide bonds. The molecule has 0 heterocycles. The molecule has 2 aliphatic carbocycles. The molecule has 0 bridgehead atoms. The van der Waals surface area contributed by atoms with Crippen LogP contribution in [0.15, 0.2) is 0 Å². The number of nitrogens with two attached hydrogens (primary N) is 1. The van der Waals surface area contributed by atoms with Crippen molar-refractivity contribution in [2.75, 3.05) is 0 Å². The molecule has 2 saturated carbocycles. The highest BCUT2D eigenvalue weighted by molar-refractivity contribution is 5.85. The quantitative estimate of drug-likeness (QED) is 0.459. The first-order valence-corrected chi connectivity index (χ1v) is 5.84. The van der Waals surface area contributed by atoms with Crippen LogP contribution in [-0.4, -0.2) is 17.0 Å². The van der Waals surface area contributed by atoms with Gasteiger partial charge in [-0.25, -0.2) is 5.84 Å². The summed E-state index contributed by atoms with van der Waals surface area (Å²) in [5.74, 6) is 6.64. The van der Waals surface area contributed by atoms with Gasteiger partial charge in [-0.2, -0.15) is 0 Å². The molecule has 3 nitrogen and oxygen atoms in total. The van der Waals surface area contributed by atoms with Crippen molar-refractivity contribution in [2.45, 2.75) is 57.4 Å². The normalized spacial score (nSPS) is 21.1. The van der Waals surface area contributed by atoms with E-state index < -0.39 is 0 Å². The molecule has 0 radical (unpaired) electrons. The fourth-order valence-electron chi connectivity index (χ4n) is 2.31. The minimum atomic E-state index is 0. The van der Waals surface area contributed by atoms with Crippen molar-refractivity contribution in [1.82, 2.24) is 5.01 Å². The van der Waals surface area contributed by atoms with Crippen LogP contribution in [0.5, 0.6) is 0 Å². The smallest absolute Gasteiger partial charge is 0.236 e. The zero-order valence-electron chi connectivity index (χ0n) is 9.15. The number of carbonyl (C=O) groups excluding carboxylic acids is 1. The van der Waals surface area contributed by atoms with E-state index in [0.29, 0.717) is 12.5 Å². The Balaban J connectivity index is 0.00000112. The summed E-state index contributed by atoms with van der Waals surface area (Å²) >= 11 is 0. The first kappa shape index (κ1) is 12.8. The molecule has 2 fully saturated rings. The zero-order chi connectivity index (χ0) is 9.97. The largest absolute Gasteiger partial charge is 0.278 e. The van der Waals surface area contributed by atoms with Crippen LogP contribution >= 0.6 is 12.4 Å². The van der Waals surface area contributed by atoms with Crippen LogP contribution in [0, 0.1) is 5.92 Å². The average molecular weight is 233 g/mol. The third kappa shape index (κ3) is 3.65. The van der Waals surface area contributed by atoms with Gasteiger partial charge < -0.3 is 0 Å². The van der Waals surface area contributed by atoms with E-state index in [9.17, 15) is 4.79 Å². The molecule has 0 atom stereocenters. The lowest BCUT2D eigenvalue weighted by Crippen LogP contribution is -2.39. The molecule has 2 rings (SSSR count). The number of rotatable bonds is 4. The highest BCUT2D eigenvalue weighted by Crippen LogP contribution is 2.29. The summed E-state index contributed by atoms with van der Waals surface area (Å²) in [6.07, 6.45) is 9.28. The Morgan fingerprint density at radius 1 is 1.20 bits per heavy atom. The van der Waals surface area contributed by atoms with Gasteiger partial charge in [0.2, 0.25) is 5.91 Å². The van der Waals surface area contributed by atoms with E-state index in [1.54, 1.807) is 0 Å². The number of hydrazine groups is 1. The van der Waals surface area contributed by atoms with Crippen LogP contribution in [-0.2, 0) is 4.79 Å². The fourth-order valence-corrected chi connectivity index (χ4v) is 2.31. The van der Waals surface area contributed by atoms with Gasteiger partial charge in [-0.3, -0.25) is 9.80 Å². The molecule has 15 heavy (non-hydrogen) atoms. The van der Waals surface area contributed by atoms with Crippen LogP contribution in [0.1, 0.15) is 51.4 Å². The van der Waals surface area contributed by atoms with Crippen molar-refractivity contribution >= 4 is 18.3 Å². The van der Waals surface area contributed by atoms with Crippen molar-refractivity contribution in [3.8, 4) is 0 Å². The van der Waals surface area contributed by atoms with Crippen molar-refractivity contribution in [1.29, 1.82) is 0 Å². The Bertz CT molecular complexity index is 213. The Hall–Kier alpha value is -0.280. The lowest BCUT2D eigenvalue weighted by molar-refractivity contribution is -0.132. The van der Waals surface area contributed by atoms with E-state index in [1.165, 1.54) is 30.7 Å². The molecule has 88 valence electrons. The van der Waals surface area contributed by atoms with Gasteiger partial charge in [-0.15, -0.1) is 12.4 Å². The second kappa shape index (κ2) is 5.71. The second-order valence-corrected chi connectivity index (χ2v) is 4.72. The van der Waals surface area contributed by atoms with Gasteiger partial charge in [-0.1, -0.05) is 25.7 Å². The Kier molecular flexibility index (Phi) is 4.87. The van der Waals surface area contributed by atoms with E-state index in [-0.39, 0.29) is 18.3 Å². The topological polar surface area (TPSA) is 46.3 Å². The van der Waals surface area contributed by atoms with Gasteiger partial charge in [0.05, 0.1) is 0 Å². The standard InChI is InChI=1S/C11H20N2O.ClH/c12-13(10-6-7-10)11(14)8-5-9-3-1-2-4-9;/h9-10H,1-8,12H2;1H. The molecule has 2 aliphatic rings. The third-order valence-electron chi connectivity index (χ3n) is 3.47. The summed E-state index contributed by atoms with van der Waals surface area (Å²) in [6.45, 7) is 0. The van der Waals surface area contributed by atoms with Crippen molar-refractivity contribution in [3.63, 3.8) is 0 Å². The second-order valence-electron chi connectivity index (χ2n) is 4.72. The predicted octanol–water partition coefficient (Wildman–Crippen LogP) is 2.24. The number of amides is 1. The number of nitrogens with zero attached hydrogens (tertiary/aromatic N) is 1. The fraction of sp³-hybridized carbons (Fsp3) is 0.909. The summed E-state index contributed by atoms with van der Waals surface area (Å²) in [4.78, 5) is 11.6. The first-order valence-electron chi connectivity index (χ1n) is 5.84. The van der Waals surface area contributed by atoms with Gasteiger partial charge in [0.15, 0.2) is 0 Å². The molecule has 0 spiro atoms. The summed E-state index contributed by atoms with van der Waals surface area (Å²) in [5, 5.41) is 1.47. The molecule has 0 aromatic carbocycles. The van der Waals surface area contributed by atoms with Crippen LogP contribution in [0.3, 0.4) is 0 Å². The Labute approximate surface area is 97.8 Å². The molecule has 2 N–H and O–H groups in total. The molecule has 0 unspecified atom stereocenters. The summed E-state index contributed by atoms with van der Waals surface area (Å²) in [6, 6.07) is 0.367. The monoisotopic (exact) mass is 232 g/mol. The number of halogens is 1. The SMILES string of the molecule is Cl.NN(C(=O)CCC1CCCC1)C1CC1. The molecule has 0 aliphatic heterocycles. The van der Waals surface area contributed by atoms with Crippen LogP contribution in [0.4, 0.5) is 0 Å². The number of hydrogen-bond donors (Lipinski definition) is 1. The van der Waals surface area contributed by atoms with Gasteiger partial charge in [0.1, 0.15) is 0 Å². The summed E-state index contributed by atoms with van der Waals surface area (Å²) in [7, 11) is 0. The van der Waals surface area contributed by atoms with Gasteiger partial charge in [-0.05, 0) is 25.2 Å². The van der Waals surface area contributed by atoms with Gasteiger partial charge in [0, 0.05) is 12.5 Å². The molecular weight excluding hydrogens is 212 g/mol. The number of carbonyl (C=O) groups is 1. The van der Waals surface area contributed by atoms with Crippen LogP contribution in [0.25, 0.3) is 0 Å². The van der Waals surface area contributed by atoms with Gasteiger partial charge >= 0.3 is 0 Å². The summed E-state index contributed by atoms with van der Waals surface area (Å²) < 4.78 is 0. The predicted molar refractivity (Wildman–Crippen MR) is 62.5 cm³/mol. The summed E-state index contributed by atoms with van der Waals surface area (Å²) in [5.41, 5.74) is 0. The maximum atomic E-state index is 11.6. The van der Waals surface area contributed by atoms with Gasteiger partial charge in [0.25, 0.3) is 0 Å². The van der Waals surface area contributed by atoms with E-state index in [2.05, 4.69) is 0 Å². The first-order chi connectivity index (χ1) is 6.77. The van der Waals surface area contributed by atoms with E-state index in [0.717, 1.165) is 25.2 Å². The highest BCUT2D eigenvalue weighted by atomic mass is 35.5. The average Bonchev–Trinajstić information content (AvgIpc) is 2.91. The van der Waals surface area contributed by atoms with Crippen molar-refractivity contribution < 1.29 is 4.79 Å². The Morgan fingerprint density at radius 3 is 2.33 bits per heavy atom. The third-order valence-corrected chi connectivity index (χ3v) is 3.47. The minimum absolute atomic E-state index is 0. The van der Waals surface area contributed by atoms with E-state index in [1.807, 2.05) is 0 Å². The molecule has 4 heteroatoms. The molecular formula is C11H21ClN2O. The van der Waals surface area contributed by atoms with Crippen molar-refractivity contribution in [3.05, 3.63) is 0 Å². The lowest BCUT2D eigenvalue weighted by Gasteiger charge is -2.16. The maximum absolute atomic E-state index is 11.6. The van der Waals surface area contributed by atoms with Crippen LogP contribution in [0.2, 0.25) is 0 Å². The number of hydrogen-bond acceptors (Lipinski definition) is 2.